The minimum atomic E-state index is -0.0514. The average molecular weight is 375 g/mol. The molecule has 1 saturated heterocycles. The molecule has 6 nitrogen and oxygen atoms in total. The lowest BCUT2D eigenvalue weighted by molar-refractivity contribution is 0.192. The smallest absolute Gasteiger partial charge is 0.340 e. The van der Waals surface area contributed by atoms with E-state index in [1.165, 1.54) is 5.01 Å². The summed E-state index contributed by atoms with van der Waals surface area (Å²) in [6.45, 7) is 3.03. The molecule has 2 heterocycles. The zero-order valence-electron chi connectivity index (χ0n) is 15.1. The van der Waals surface area contributed by atoms with Crippen LogP contribution in [-0.2, 0) is 0 Å². The summed E-state index contributed by atoms with van der Waals surface area (Å²) >= 11 is 5.90. The van der Waals surface area contributed by atoms with Gasteiger partial charge >= 0.3 is 6.03 Å². The fourth-order valence-electron chi connectivity index (χ4n) is 2.78. The number of hydrazone groups is 1. The summed E-state index contributed by atoms with van der Waals surface area (Å²) in [5.74, 6) is 1.34. The number of hydrogen-bond donors (Lipinski definition) is 0. The second kappa shape index (κ2) is 8.38. The first-order valence-electron chi connectivity index (χ1n) is 8.64. The number of urea groups is 1. The minimum Gasteiger partial charge on any atom is -0.455 e. The summed E-state index contributed by atoms with van der Waals surface area (Å²) in [5.41, 5.74) is 0.943. The van der Waals surface area contributed by atoms with Gasteiger partial charge < -0.3 is 14.2 Å². The molecule has 0 atom stereocenters. The number of nitrogens with zero attached hydrogens (tertiary/aromatic N) is 4. The fourth-order valence-corrected chi connectivity index (χ4v) is 2.91. The molecular formula is C19H23ClN4O2. The van der Waals surface area contributed by atoms with Gasteiger partial charge in [0.15, 0.2) is 0 Å². The van der Waals surface area contributed by atoms with Crippen molar-refractivity contribution in [2.45, 2.75) is 6.42 Å². The minimum absolute atomic E-state index is 0.0514. The van der Waals surface area contributed by atoms with Gasteiger partial charge in [0.2, 0.25) is 0 Å². The van der Waals surface area contributed by atoms with Crippen molar-refractivity contribution < 1.29 is 9.21 Å². The van der Waals surface area contributed by atoms with Gasteiger partial charge in [-0.3, -0.25) is 0 Å². The highest BCUT2D eigenvalue weighted by molar-refractivity contribution is 6.30. The maximum absolute atomic E-state index is 12.3. The molecule has 26 heavy (non-hydrogen) atoms. The van der Waals surface area contributed by atoms with E-state index in [1.807, 2.05) is 55.4 Å². The van der Waals surface area contributed by atoms with E-state index in [2.05, 4.69) is 10.0 Å². The molecule has 3 rings (SSSR count). The molecule has 1 aromatic heterocycles. The Balaban J connectivity index is 1.57. The lowest BCUT2D eigenvalue weighted by Crippen LogP contribution is -2.31. The molecule has 7 heteroatoms. The Morgan fingerprint density at radius 2 is 1.96 bits per heavy atom. The molecule has 0 saturated carbocycles. The third-order valence-corrected chi connectivity index (χ3v) is 4.44. The summed E-state index contributed by atoms with van der Waals surface area (Å²) in [6, 6.07) is 11.1. The first kappa shape index (κ1) is 18.5. The third kappa shape index (κ3) is 4.65. The van der Waals surface area contributed by atoms with Gasteiger partial charge in [0.25, 0.3) is 0 Å². The van der Waals surface area contributed by atoms with E-state index in [9.17, 15) is 4.79 Å². The van der Waals surface area contributed by atoms with Crippen molar-refractivity contribution >= 4 is 23.8 Å². The molecule has 1 aliphatic rings. The first-order chi connectivity index (χ1) is 12.5. The van der Waals surface area contributed by atoms with Gasteiger partial charge in [-0.1, -0.05) is 11.6 Å². The highest BCUT2D eigenvalue weighted by Crippen LogP contribution is 2.23. The van der Waals surface area contributed by atoms with Crippen LogP contribution in [0.4, 0.5) is 4.79 Å². The van der Waals surface area contributed by atoms with Crippen LogP contribution in [0.3, 0.4) is 0 Å². The van der Waals surface area contributed by atoms with Crippen molar-refractivity contribution in [1.82, 2.24) is 14.8 Å². The number of amides is 2. The monoisotopic (exact) mass is 374 g/mol. The van der Waals surface area contributed by atoms with Gasteiger partial charge in [0, 0.05) is 23.7 Å². The van der Waals surface area contributed by atoms with Crippen molar-refractivity contribution in [2.75, 3.05) is 40.3 Å². The van der Waals surface area contributed by atoms with E-state index < -0.39 is 0 Å². The van der Waals surface area contributed by atoms with E-state index in [-0.39, 0.29) is 6.03 Å². The van der Waals surface area contributed by atoms with Gasteiger partial charge in [-0.25, -0.2) is 9.80 Å². The summed E-state index contributed by atoms with van der Waals surface area (Å²) in [6.07, 6.45) is 2.54. The molecule has 1 aromatic carbocycles. The van der Waals surface area contributed by atoms with Crippen molar-refractivity contribution in [3.8, 4) is 11.3 Å². The number of carbonyl (C=O) groups excluding carboxylic acids is 1. The summed E-state index contributed by atoms with van der Waals surface area (Å²) in [7, 11) is 4.06. The van der Waals surface area contributed by atoms with Gasteiger partial charge in [0.05, 0.1) is 12.8 Å². The van der Waals surface area contributed by atoms with Gasteiger partial charge in [-0.15, -0.1) is 0 Å². The van der Waals surface area contributed by atoms with E-state index in [4.69, 9.17) is 16.0 Å². The molecule has 138 valence electrons. The number of benzene rings is 1. The summed E-state index contributed by atoms with van der Waals surface area (Å²) in [5, 5.41) is 6.45. The van der Waals surface area contributed by atoms with Gasteiger partial charge in [-0.05, 0) is 63.5 Å². The fraction of sp³-hybridized carbons (Fsp3) is 0.368. The van der Waals surface area contributed by atoms with E-state index >= 15 is 0 Å². The molecule has 2 aromatic rings. The SMILES string of the molecule is CN(C)CCCN1CCN(N=Cc2ccc(-c3ccc(Cl)cc3)o2)C1=O. The van der Waals surface area contributed by atoms with Gasteiger partial charge in [-0.2, -0.15) is 5.10 Å². The normalized spacial score (nSPS) is 15.0. The Bertz CT molecular complexity index is 770. The van der Waals surface area contributed by atoms with Crippen LogP contribution in [0.5, 0.6) is 0 Å². The molecule has 0 radical (unpaired) electrons. The van der Waals surface area contributed by atoms with Crippen LogP contribution in [0, 0.1) is 0 Å². The van der Waals surface area contributed by atoms with Crippen molar-refractivity contribution in [3.63, 3.8) is 0 Å². The third-order valence-electron chi connectivity index (χ3n) is 4.19. The first-order valence-corrected chi connectivity index (χ1v) is 9.01. The molecule has 0 unspecified atom stereocenters. The second-order valence-electron chi connectivity index (χ2n) is 6.50. The van der Waals surface area contributed by atoms with Crippen LogP contribution in [0.25, 0.3) is 11.3 Å². The van der Waals surface area contributed by atoms with Crippen molar-refractivity contribution in [1.29, 1.82) is 0 Å². The van der Waals surface area contributed by atoms with Crippen molar-refractivity contribution in [2.24, 2.45) is 5.10 Å². The number of halogens is 1. The molecular weight excluding hydrogens is 352 g/mol. The molecule has 0 N–H and O–H groups in total. The Kier molecular flexibility index (Phi) is 5.96. The predicted molar refractivity (Wildman–Crippen MR) is 104 cm³/mol. The van der Waals surface area contributed by atoms with Crippen LogP contribution < -0.4 is 0 Å². The average Bonchev–Trinajstić information content (AvgIpc) is 3.21. The quantitative estimate of drug-likeness (QED) is 0.695. The van der Waals surface area contributed by atoms with E-state index in [0.29, 0.717) is 23.9 Å². The zero-order valence-corrected chi connectivity index (χ0v) is 15.8. The van der Waals surface area contributed by atoms with E-state index in [0.717, 1.165) is 30.8 Å². The van der Waals surface area contributed by atoms with E-state index in [1.54, 1.807) is 6.21 Å². The maximum Gasteiger partial charge on any atom is 0.340 e. The van der Waals surface area contributed by atoms with Crippen LogP contribution in [0.1, 0.15) is 12.2 Å². The van der Waals surface area contributed by atoms with Crippen LogP contribution >= 0.6 is 11.6 Å². The van der Waals surface area contributed by atoms with Crippen LogP contribution in [0.15, 0.2) is 45.9 Å². The summed E-state index contributed by atoms with van der Waals surface area (Å²) < 4.78 is 5.77. The molecule has 1 fully saturated rings. The summed E-state index contributed by atoms with van der Waals surface area (Å²) in [4.78, 5) is 16.3. The zero-order chi connectivity index (χ0) is 18.5. The van der Waals surface area contributed by atoms with Crippen LogP contribution in [0.2, 0.25) is 5.02 Å². The molecule has 1 aliphatic heterocycles. The Hall–Kier alpha value is -2.31. The molecule has 0 spiro atoms. The van der Waals surface area contributed by atoms with Crippen LogP contribution in [-0.4, -0.2) is 67.3 Å². The van der Waals surface area contributed by atoms with Gasteiger partial charge in [0.1, 0.15) is 11.5 Å². The Labute approximate surface area is 158 Å². The Morgan fingerprint density at radius 1 is 1.19 bits per heavy atom. The molecule has 0 bridgehead atoms. The van der Waals surface area contributed by atoms with Crippen molar-refractivity contribution in [3.05, 3.63) is 47.2 Å². The lowest BCUT2D eigenvalue weighted by atomic mass is 10.2. The number of rotatable bonds is 7. The molecule has 2 amide bonds. The number of hydrogen-bond acceptors (Lipinski definition) is 4. The highest BCUT2D eigenvalue weighted by Gasteiger charge is 2.27. The molecule has 0 aliphatic carbocycles. The maximum atomic E-state index is 12.3. The largest absolute Gasteiger partial charge is 0.455 e. The highest BCUT2D eigenvalue weighted by atomic mass is 35.5. The topological polar surface area (TPSA) is 52.3 Å². The number of carbonyl (C=O) groups is 1. The Morgan fingerprint density at radius 3 is 2.69 bits per heavy atom. The second-order valence-corrected chi connectivity index (χ2v) is 6.94. The number of furan rings is 1. The standard InChI is InChI=1S/C19H23ClN4O2/c1-22(2)10-3-11-23-12-13-24(19(23)25)21-14-17-8-9-18(26-17)15-4-6-16(20)7-5-15/h4-9,14H,3,10-13H2,1-2H3. The predicted octanol–water partition coefficient (Wildman–Crippen LogP) is 3.62. The lowest BCUT2D eigenvalue weighted by Gasteiger charge is -2.17.